The van der Waals surface area contributed by atoms with Gasteiger partial charge in [0.05, 0.1) is 35.1 Å². The van der Waals surface area contributed by atoms with Gasteiger partial charge in [0.2, 0.25) is 0 Å². The number of aryl methyl sites for hydroxylation is 1. The van der Waals surface area contributed by atoms with Crippen molar-refractivity contribution in [3.63, 3.8) is 0 Å². The molecule has 41 heavy (non-hydrogen) atoms. The number of cyclic esters (lactones) is 1. The van der Waals surface area contributed by atoms with Crippen LogP contribution in [-0.4, -0.2) is 38.6 Å². The second kappa shape index (κ2) is 10.6. The highest BCUT2D eigenvalue weighted by atomic mass is 33.3. The van der Waals surface area contributed by atoms with Crippen LogP contribution in [0.15, 0.2) is 16.9 Å². The number of pyridine rings is 2. The van der Waals surface area contributed by atoms with E-state index >= 15 is 4.39 Å². The number of carbonyl (C=O) groups is 2. The van der Waals surface area contributed by atoms with Crippen LogP contribution < -0.4 is 10.9 Å². The average Bonchev–Trinajstić information content (AvgIpc) is 3.32. The van der Waals surface area contributed by atoms with Crippen LogP contribution in [0.3, 0.4) is 0 Å². The maximum atomic E-state index is 15.1. The van der Waals surface area contributed by atoms with E-state index < -0.39 is 23.7 Å². The largest absolute Gasteiger partial charge is 0.458 e. The standard InChI is InChI=1S/C28H29FN3O6PS2/c1-4-28(36)17-7-21-24-15(9-32(21)25(33)16(17)11-37-26(28)34)23-19(31-27(35)38-10-12(2)40-41-39)6-5-14-13(3)18(29)8-20(30-24)22(14)23/h7-8,12,19,36H,4-6,9-11,39H2,1-3H3,(H,31,35)/t12-,19+,28+/m1/s1. The zero-order valence-electron chi connectivity index (χ0n) is 22.7. The Morgan fingerprint density at radius 2 is 2.15 bits per heavy atom. The smallest absolute Gasteiger partial charge is 0.407 e. The van der Waals surface area contributed by atoms with E-state index in [2.05, 4.69) is 13.8 Å². The number of aliphatic hydroxyl groups is 1. The van der Waals surface area contributed by atoms with Crippen LogP contribution in [0.5, 0.6) is 0 Å². The van der Waals surface area contributed by atoms with Gasteiger partial charge in [0.1, 0.15) is 19.0 Å². The first-order valence-electron chi connectivity index (χ1n) is 13.4. The molecule has 0 fully saturated rings. The second-order valence-corrected chi connectivity index (χ2v) is 14.7. The molecule has 13 heteroatoms. The van der Waals surface area contributed by atoms with E-state index in [9.17, 15) is 19.5 Å². The van der Waals surface area contributed by atoms with Crippen LogP contribution in [0, 0.1) is 12.7 Å². The summed E-state index contributed by atoms with van der Waals surface area (Å²) < 4.78 is 27.3. The van der Waals surface area contributed by atoms with E-state index in [1.165, 1.54) is 16.5 Å². The number of fused-ring (bicyclic) bond motifs is 5. The number of nitrogens with one attached hydrogen (secondary N) is 1. The number of hydrogen-bond donors (Lipinski definition) is 2. The maximum Gasteiger partial charge on any atom is 0.407 e. The minimum Gasteiger partial charge on any atom is -0.458 e. The predicted molar refractivity (Wildman–Crippen MR) is 159 cm³/mol. The van der Waals surface area contributed by atoms with Gasteiger partial charge in [0, 0.05) is 27.8 Å². The van der Waals surface area contributed by atoms with Crippen LogP contribution in [0.1, 0.15) is 66.1 Å². The van der Waals surface area contributed by atoms with Gasteiger partial charge in [-0.3, -0.25) is 4.79 Å². The molecule has 0 radical (unpaired) electrons. The first-order valence-corrected chi connectivity index (χ1v) is 17.0. The molecule has 3 aliphatic rings. The molecule has 4 atom stereocenters. The lowest BCUT2D eigenvalue weighted by Crippen LogP contribution is -2.44. The Morgan fingerprint density at radius 3 is 2.88 bits per heavy atom. The maximum absolute atomic E-state index is 15.1. The third-order valence-electron chi connectivity index (χ3n) is 8.34. The number of ether oxygens (including phenoxy) is 2. The van der Waals surface area contributed by atoms with Crippen molar-refractivity contribution in [1.29, 1.82) is 0 Å². The Balaban J connectivity index is 1.51. The number of amides is 1. The zero-order valence-corrected chi connectivity index (χ0v) is 25.5. The third kappa shape index (κ3) is 4.45. The van der Waals surface area contributed by atoms with Gasteiger partial charge in [-0.2, -0.15) is 0 Å². The summed E-state index contributed by atoms with van der Waals surface area (Å²) in [5, 5.41) is 15.1. The van der Waals surface area contributed by atoms with Gasteiger partial charge in [0.25, 0.3) is 5.56 Å². The highest BCUT2D eigenvalue weighted by molar-refractivity contribution is 8.94. The average molecular weight is 618 g/mol. The van der Waals surface area contributed by atoms with Gasteiger partial charge in [-0.05, 0) is 55.9 Å². The van der Waals surface area contributed by atoms with E-state index in [-0.39, 0.29) is 53.9 Å². The summed E-state index contributed by atoms with van der Waals surface area (Å²) in [6, 6.07) is 2.57. The van der Waals surface area contributed by atoms with E-state index in [4.69, 9.17) is 14.5 Å². The molecule has 6 rings (SSSR count). The van der Waals surface area contributed by atoms with E-state index in [0.717, 1.165) is 22.1 Å². The van der Waals surface area contributed by atoms with Crippen LogP contribution in [0.2, 0.25) is 0 Å². The number of hydrogen-bond acceptors (Lipinski definition) is 9. The Kier molecular flexibility index (Phi) is 7.33. The molecule has 4 heterocycles. The summed E-state index contributed by atoms with van der Waals surface area (Å²) in [7, 11) is 5.66. The lowest BCUT2D eigenvalue weighted by atomic mass is 9.81. The molecule has 1 unspecified atom stereocenters. The lowest BCUT2D eigenvalue weighted by Gasteiger charge is -2.31. The first-order chi connectivity index (χ1) is 19.6. The summed E-state index contributed by atoms with van der Waals surface area (Å²) in [6.45, 7) is 5.53. The number of alkyl carbamates (subject to hydrolysis) is 1. The van der Waals surface area contributed by atoms with Crippen molar-refractivity contribution in [2.45, 2.75) is 70.1 Å². The zero-order chi connectivity index (χ0) is 29.2. The van der Waals surface area contributed by atoms with Crippen molar-refractivity contribution < 1.29 is 28.6 Å². The van der Waals surface area contributed by atoms with Crippen molar-refractivity contribution in [3.05, 3.63) is 61.7 Å². The molecule has 3 aromatic rings. The second-order valence-electron chi connectivity index (χ2n) is 10.6. The van der Waals surface area contributed by atoms with E-state index in [0.29, 0.717) is 35.3 Å². The molecular formula is C28H29FN3O6PS2. The Bertz CT molecular complexity index is 1700. The van der Waals surface area contributed by atoms with Crippen molar-refractivity contribution in [2.24, 2.45) is 0 Å². The fourth-order valence-electron chi connectivity index (χ4n) is 6.20. The Morgan fingerprint density at radius 1 is 1.37 bits per heavy atom. The van der Waals surface area contributed by atoms with Crippen LogP contribution in [0.25, 0.3) is 22.3 Å². The molecule has 9 nitrogen and oxygen atoms in total. The minimum absolute atomic E-state index is 0.0276. The van der Waals surface area contributed by atoms with Crippen LogP contribution in [-0.2, 0) is 39.4 Å². The molecule has 2 aliphatic heterocycles. The van der Waals surface area contributed by atoms with Crippen molar-refractivity contribution in [2.75, 3.05) is 6.61 Å². The third-order valence-corrected chi connectivity index (χ3v) is 11.2. The first kappa shape index (κ1) is 28.5. The molecule has 2 aromatic heterocycles. The minimum atomic E-state index is -1.95. The molecule has 2 N–H and O–H groups in total. The monoisotopic (exact) mass is 617 g/mol. The normalized spacial score (nSPS) is 21.1. The van der Waals surface area contributed by atoms with E-state index in [1.54, 1.807) is 35.3 Å². The van der Waals surface area contributed by atoms with Gasteiger partial charge < -0.3 is 24.5 Å². The fraction of sp³-hybridized carbons (Fsp3) is 0.429. The van der Waals surface area contributed by atoms with Crippen molar-refractivity contribution in [3.8, 4) is 11.4 Å². The SMILES string of the molecule is CC[C@@]1(O)C(=O)OCc2c1cc1n(c2=O)Cc2c-1nc1cc(F)c(C)c3c1c2[C@@H](NC(=O)OC[C@@H](C)SSP)CC3. The highest BCUT2D eigenvalue weighted by Crippen LogP contribution is 2.46. The molecule has 1 aliphatic carbocycles. The molecular weight excluding hydrogens is 588 g/mol. The van der Waals surface area contributed by atoms with E-state index in [1.807, 2.05) is 6.92 Å². The molecule has 0 saturated carbocycles. The van der Waals surface area contributed by atoms with Gasteiger partial charge in [-0.15, -0.1) is 0 Å². The van der Waals surface area contributed by atoms with Crippen molar-refractivity contribution >= 4 is 52.6 Å². The molecule has 1 aromatic carbocycles. The highest BCUT2D eigenvalue weighted by Gasteiger charge is 2.46. The number of aromatic nitrogens is 2. The number of esters is 1. The van der Waals surface area contributed by atoms with Crippen molar-refractivity contribution in [1.82, 2.24) is 14.9 Å². The molecule has 0 spiro atoms. The molecule has 0 saturated heterocycles. The summed E-state index contributed by atoms with van der Waals surface area (Å²) in [6.07, 6.45) is 0.533. The Labute approximate surface area is 245 Å². The number of nitrogens with zero attached hydrogens (tertiary/aromatic N) is 2. The summed E-state index contributed by atoms with van der Waals surface area (Å²) in [4.78, 5) is 44.0. The topological polar surface area (TPSA) is 120 Å². The number of rotatable bonds is 6. The molecule has 0 bridgehead atoms. The van der Waals surface area contributed by atoms with Gasteiger partial charge in [0.15, 0.2) is 5.60 Å². The predicted octanol–water partition coefficient (Wildman–Crippen LogP) is 4.80. The number of benzene rings is 1. The fourth-order valence-corrected chi connectivity index (χ4v) is 8.95. The van der Waals surface area contributed by atoms with Gasteiger partial charge in [-0.1, -0.05) is 36.6 Å². The molecule has 1 amide bonds. The summed E-state index contributed by atoms with van der Waals surface area (Å²) in [5.74, 6) is -1.18. The summed E-state index contributed by atoms with van der Waals surface area (Å²) in [5.41, 5.74) is 2.30. The summed E-state index contributed by atoms with van der Waals surface area (Å²) >= 11 is 0. The number of carbonyl (C=O) groups excluding carboxylic acids is 2. The Hall–Kier alpha value is -2.66. The van der Waals surface area contributed by atoms with Gasteiger partial charge >= 0.3 is 12.1 Å². The number of halogens is 1. The molecule has 216 valence electrons. The quantitative estimate of drug-likeness (QED) is 0.179. The lowest BCUT2D eigenvalue weighted by molar-refractivity contribution is -0.172. The van der Waals surface area contributed by atoms with Gasteiger partial charge in [-0.25, -0.2) is 19.0 Å². The van der Waals surface area contributed by atoms with Crippen LogP contribution >= 0.6 is 29.6 Å². The van der Waals surface area contributed by atoms with Crippen LogP contribution in [0.4, 0.5) is 9.18 Å².